The van der Waals surface area contributed by atoms with Crippen LogP contribution in [0.15, 0.2) is 24.5 Å². The summed E-state index contributed by atoms with van der Waals surface area (Å²) < 4.78 is 1.81. The molecule has 0 bridgehead atoms. The molecule has 0 aromatic carbocycles. The van der Waals surface area contributed by atoms with Gasteiger partial charge in [-0.3, -0.25) is 4.68 Å². The summed E-state index contributed by atoms with van der Waals surface area (Å²) in [5, 5.41) is 5.00. The van der Waals surface area contributed by atoms with E-state index in [0.717, 1.165) is 11.1 Å². The second-order valence-corrected chi connectivity index (χ2v) is 4.04. The van der Waals surface area contributed by atoms with Crippen LogP contribution in [0, 0.1) is 6.92 Å². The molecule has 0 unspecified atom stereocenters. The lowest BCUT2D eigenvalue weighted by Gasteiger charge is -2.03. The Kier molecular flexibility index (Phi) is 2.93. The largest absolute Gasteiger partial charge is 0.268 e. The molecule has 78 valence electrons. The number of halogens is 2. The van der Waals surface area contributed by atoms with E-state index in [4.69, 9.17) is 23.2 Å². The fourth-order valence-corrected chi connectivity index (χ4v) is 1.69. The minimum Gasteiger partial charge on any atom is -0.268 e. The zero-order valence-electron chi connectivity index (χ0n) is 8.11. The average Bonchev–Trinajstić information content (AvgIpc) is 2.56. The van der Waals surface area contributed by atoms with E-state index in [-0.39, 0.29) is 0 Å². The summed E-state index contributed by atoms with van der Waals surface area (Å²) in [5.74, 6) is 0. The van der Waals surface area contributed by atoms with Crippen LogP contribution in [0.3, 0.4) is 0 Å². The highest BCUT2D eigenvalue weighted by Gasteiger charge is 2.04. The third-order valence-electron chi connectivity index (χ3n) is 1.99. The topological polar surface area (TPSA) is 30.7 Å². The van der Waals surface area contributed by atoms with Crippen LogP contribution in [0.2, 0.25) is 10.3 Å². The van der Waals surface area contributed by atoms with Crippen LogP contribution in [0.1, 0.15) is 11.1 Å². The monoisotopic (exact) mass is 241 g/mol. The molecular weight excluding hydrogens is 233 g/mol. The van der Waals surface area contributed by atoms with Crippen molar-refractivity contribution in [2.24, 2.45) is 0 Å². The van der Waals surface area contributed by atoms with E-state index in [9.17, 15) is 0 Å². The molecule has 0 saturated heterocycles. The Labute approximate surface area is 97.7 Å². The number of hydrogen-bond donors (Lipinski definition) is 0. The van der Waals surface area contributed by atoms with Crippen LogP contribution in [0.25, 0.3) is 0 Å². The Morgan fingerprint density at radius 3 is 2.73 bits per heavy atom. The number of aryl methyl sites for hydroxylation is 1. The number of pyridine rings is 1. The van der Waals surface area contributed by atoms with Crippen molar-refractivity contribution in [1.29, 1.82) is 0 Å². The first-order chi connectivity index (χ1) is 7.15. The summed E-state index contributed by atoms with van der Waals surface area (Å²) in [7, 11) is 0. The van der Waals surface area contributed by atoms with Crippen LogP contribution >= 0.6 is 23.2 Å². The van der Waals surface area contributed by atoms with Crippen molar-refractivity contribution < 1.29 is 0 Å². The van der Waals surface area contributed by atoms with Gasteiger partial charge in [0.05, 0.1) is 12.7 Å². The fraction of sp³-hybridized carbons (Fsp3) is 0.200. The van der Waals surface area contributed by atoms with E-state index in [1.807, 2.05) is 23.9 Å². The van der Waals surface area contributed by atoms with Gasteiger partial charge < -0.3 is 0 Å². The Hall–Kier alpha value is -1.06. The Morgan fingerprint density at radius 1 is 1.33 bits per heavy atom. The molecule has 2 aromatic rings. The third kappa shape index (κ3) is 2.49. The number of nitrogens with zero attached hydrogens (tertiary/aromatic N) is 3. The maximum atomic E-state index is 5.95. The second-order valence-electron chi connectivity index (χ2n) is 3.30. The van der Waals surface area contributed by atoms with Gasteiger partial charge in [0.1, 0.15) is 10.3 Å². The molecule has 0 radical (unpaired) electrons. The normalized spacial score (nSPS) is 10.6. The minimum absolute atomic E-state index is 0.403. The molecule has 5 heteroatoms. The standard InChI is InChI=1S/C10H9Cl2N3/c1-7-4-13-15(5-7)6-8-2-3-9(11)14-10(8)12/h2-5H,6H2,1H3. The molecule has 0 atom stereocenters. The Bertz CT molecular complexity index is 479. The van der Waals surface area contributed by atoms with Gasteiger partial charge in [0.25, 0.3) is 0 Å². The van der Waals surface area contributed by atoms with Gasteiger partial charge in [0.2, 0.25) is 0 Å². The molecule has 0 fully saturated rings. The smallest absolute Gasteiger partial charge is 0.135 e. The molecule has 2 heterocycles. The van der Waals surface area contributed by atoms with Gasteiger partial charge in [-0.25, -0.2) is 4.98 Å². The van der Waals surface area contributed by atoms with E-state index in [1.165, 1.54) is 0 Å². The molecule has 0 aliphatic rings. The minimum atomic E-state index is 0.403. The first-order valence-corrected chi connectivity index (χ1v) is 5.21. The van der Waals surface area contributed by atoms with Crippen LogP contribution in [-0.4, -0.2) is 14.8 Å². The molecule has 2 aromatic heterocycles. The van der Waals surface area contributed by atoms with Gasteiger partial charge in [-0.05, 0) is 18.6 Å². The van der Waals surface area contributed by atoms with Gasteiger partial charge in [0.15, 0.2) is 0 Å². The number of hydrogen-bond acceptors (Lipinski definition) is 2. The van der Waals surface area contributed by atoms with Crippen molar-refractivity contribution in [2.75, 3.05) is 0 Å². The van der Waals surface area contributed by atoms with Crippen LogP contribution in [0.5, 0.6) is 0 Å². The summed E-state index contributed by atoms with van der Waals surface area (Å²) in [5.41, 5.74) is 2.03. The van der Waals surface area contributed by atoms with Crippen molar-refractivity contribution in [1.82, 2.24) is 14.8 Å². The first kappa shape index (κ1) is 10.5. The molecule has 15 heavy (non-hydrogen) atoms. The highest BCUT2D eigenvalue weighted by molar-refractivity contribution is 6.32. The quantitative estimate of drug-likeness (QED) is 0.758. The summed E-state index contributed by atoms with van der Waals surface area (Å²) in [6, 6.07) is 3.58. The van der Waals surface area contributed by atoms with Gasteiger partial charge >= 0.3 is 0 Å². The van der Waals surface area contributed by atoms with E-state index in [1.54, 1.807) is 12.3 Å². The first-order valence-electron chi connectivity index (χ1n) is 4.45. The van der Waals surface area contributed by atoms with E-state index >= 15 is 0 Å². The van der Waals surface area contributed by atoms with Crippen molar-refractivity contribution in [2.45, 2.75) is 13.5 Å². The SMILES string of the molecule is Cc1cnn(Cc2ccc(Cl)nc2Cl)c1. The highest BCUT2D eigenvalue weighted by atomic mass is 35.5. The summed E-state index contributed by atoms with van der Waals surface area (Å²) in [6.45, 7) is 2.60. The zero-order valence-corrected chi connectivity index (χ0v) is 9.63. The molecule has 0 amide bonds. The lowest BCUT2D eigenvalue weighted by atomic mass is 10.3. The van der Waals surface area contributed by atoms with Gasteiger partial charge in [-0.1, -0.05) is 29.3 Å². The third-order valence-corrected chi connectivity index (χ3v) is 2.52. The maximum absolute atomic E-state index is 5.95. The molecule has 0 saturated carbocycles. The van der Waals surface area contributed by atoms with E-state index in [2.05, 4.69) is 10.1 Å². The predicted octanol–water partition coefficient (Wildman–Crippen LogP) is 2.94. The van der Waals surface area contributed by atoms with Gasteiger partial charge in [-0.15, -0.1) is 0 Å². The van der Waals surface area contributed by atoms with Crippen molar-refractivity contribution in [3.63, 3.8) is 0 Å². The molecule has 3 nitrogen and oxygen atoms in total. The molecule has 0 spiro atoms. The van der Waals surface area contributed by atoms with Crippen molar-refractivity contribution in [3.8, 4) is 0 Å². The Balaban J connectivity index is 2.24. The molecular formula is C10H9Cl2N3. The van der Waals surface area contributed by atoms with Crippen molar-refractivity contribution >= 4 is 23.2 Å². The molecule has 0 N–H and O–H groups in total. The molecule has 0 aliphatic heterocycles. The van der Waals surface area contributed by atoms with Crippen LogP contribution in [0.4, 0.5) is 0 Å². The lowest BCUT2D eigenvalue weighted by Crippen LogP contribution is -2.01. The maximum Gasteiger partial charge on any atom is 0.135 e. The highest BCUT2D eigenvalue weighted by Crippen LogP contribution is 2.17. The van der Waals surface area contributed by atoms with E-state index in [0.29, 0.717) is 16.9 Å². The number of aromatic nitrogens is 3. The summed E-state index contributed by atoms with van der Waals surface area (Å²) >= 11 is 11.7. The van der Waals surface area contributed by atoms with Gasteiger partial charge in [0, 0.05) is 11.8 Å². The van der Waals surface area contributed by atoms with E-state index < -0.39 is 0 Å². The lowest BCUT2D eigenvalue weighted by molar-refractivity contribution is 0.684. The van der Waals surface area contributed by atoms with Crippen LogP contribution in [-0.2, 0) is 6.54 Å². The molecule has 2 rings (SSSR count). The van der Waals surface area contributed by atoms with Gasteiger partial charge in [-0.2, -0.15) is 5.10 Å². The summed E-state index contributed by atoms with van der Waals surface area (Å²) in [4.78, 5) is 3.97. The van der Waals surface area contributed by atoms with Crippen molar-refractivity contribution in [3.05, 3.63) is 46.0 Å². The zero-order chi connectivity index (χ0) is 10.8. The average molecular weight is 242 g/mol. The Morgan fingerprint density at radius 2 is 2.13 bits per heavy atom. The fourth-order valence-electron chi connectivity index (χ4n) is 1.29. The number of rotatable bonds is 2. The summed E-state index contributed by atoms with van der Waals surface area (Å²) in [6.07, 6.45) is 3.75. The second kappa shape index (κ2) is 4.21. The molecule has 0 aliphatic carbocycles. The van der Waals surface area contributed by atoms with Crippen LogP contribution < -0.4 is 0 Å². The predicted molar refractivity (Wildman–Crippen MR) is 60.3 cm³/mol.